The molecule has 2 aromatic heterocycles. The molecule has 1 atom stereocenters. The minimum atomic E-state index is -1.25. The molecule has 0 amide bonds. The Labute approximate surface area is 139 Å². The number of aromatic nitrogens is 3. The first-order valence-corrected chi connectivity index (χ1v) is 8.99. The fourth-order valence-corrected chi connectivity index (χ4v) is 3.40. The van der Waals surface area contributed by atoms with Gasteiger partial charge < -0.3 is 10.3 Å². The van der Waals surface area contributed by atoms with Gasteiger partial charge in [-0.25, -0.2) is 4.98 Å². The van der Waals surface area contributed by atoms with Gasteiger partial charge in [-0.3, -0.25) is 0 Å². The van der Waals surface area contributed by atoms with Gasteiger partial charge in [-0.2, -0.15) is 9.97 Å². The molecule has 0 fully saturated rings. The normalized spacial score (nSPS) is 12.3. The van der Waals surface area contributed by atoms with E-state index in [1.165, 1.54) is 17.6 Å². The molecule has 0 bridgehead atoms. The molecule has 1 aromatic carbocycles. The molecule has 112 valence electrons. The fraction of sp³-hybridized carbons (Fsp3) is 0.0714. The van der Waals surface area contributed by atoms with Crippen LogP contribution in [0, 0.1) is 0 Å². The van der Waals surface area contributed by atoms with E-state index in [9.17, 15) is 4.55 Å². The summed E-state index contributed by atoms with van der Waals surface area (Å²) in [5.74, 6) is 0. The molecular weight excluding hydrogens is 340 g/mol. The Balaban J connectivity index is 2.14. The number of hydrogen-bond donors (Lipinski definition) is 1. The molecule has 2 heterocycles. The molecule has 3 aromatic rings. The topological polar surface area (TPSA) is 87.8 Å². The van der Waals surface area contributed by atoms with Crippen molar-refractivity contribution in [1.29, 1.82) is 0 Å². The highest BCUT2D eigenvalue weighted by molar-refractivity contribution is 7.90. The quantitative estimate of drug-likeness (QED) is 0.578. The zero-order valence-electron chi connectivity index (χ0n) is 11.5. The third-order valence-electron chi connectivity index (χ3n) is 2.86. The predicted octanol–water partition coefficient (Wildman–Crippen LogP) is 3.24. The molecule has 0 saturated carbocycles. The molecule has 0 radical (unpaired) electrons. The number of anilines is 1. The van der Waals surface area contributed by atoms with Crippen molar-refractivity contribution < 1.29 is 4.55 Å². The van der Waals surface area contributed by atoms with Crippen molar-refractivity contribution in [3.8, 4) is 21.8 Å². The summed E-state index contributed by atoms with van der Waals surface area (Å²) >= 11 is 6.12. The Bertz CT molecular complexity index is 822. The summed E-state index contributed by atoms with van der Waals surface area (Å²) in [5.41, 5.74) is 8.06. The van der Waals surface area contributed by atoms with Gasteiger partial charge in [0.2, 0.25) is 0 Å². The van der Waals surface area contributed by atoms with Crippen LogP contribution in [0.15, 0.2) is 41.7 Å². The van der Waals surface area contributed by atoms with E-state index >= 15 is 0 Å². The molecular formula is C14H11ClN4OS2. The summed E-state index contributed by atoms with van der Waals surface area (Å²) in [6.07, 6.45) is 3.12. The molecule has 3 rings (SSSR count). The zero-order valence-corrected chi connectivity index (χ0v) is 13.9. The molecule has 0 aliphatic rings. The summed E-state index contributed by atoms with van der Waals surface area (Å²) in [7, 11) is 0. The number of nitrogen functional groups attached to an aromatic ring is 1. The Hall–Kier alpha value is -1.67. The van der Waals surface area contributed by atoms with E-state index in [0.29, 0.717) is 21.5 Å². The average molecular weight is 351 g/mol. The van der Waals surface area contributed by atoms with Crippen LogP contribution in [0.4, 0.5) is 5.13 Å². The number of thiazole rings is 1. The molecule has 1 unspecified atom stereocenters. The molecule has 0 aliphatic heterocycles. The first-order chi connectivity index (χ1) is 10.5. The highest BCUT2D eigenvalue weighted by Gasteiger charge is 2.17. The van der Waals surface area contributed by atoms with Crippen LogP contribution < -0.4 is 5.73 Å². The van der Waals surface area contributed by atoms with Crippen molar-refractivity contribution in [2.75, 3.05) is 12.0 Å². The van der Waals surface area contributed by atoms with Crippen molar-refractivity contribution in [3.63, 3.8) is 0 Å². The van der Waals surface area contributed by atoms with Crippen molar-refractivity contribution in [3.05, 3.63) is 41.6 Å². The Morgan fingerprint density at radius 2 is 2.09 bits per heavy atom. The van der Waals surface area contributed by atoms with Crippen molar-refractivity contribution >= 4 is 39.2 Å². The van der Waals surface area contributed by atoms with Crippen molar-refractivity contribution in [2.45, 2.75) is 5.16 Å². The summed E-state index contributed by atoms with van der Waals surface area (Å²) in [6.45, 7) is 0. The molecule has 0 spiro atoms. The lowest BCUT2D eigenvalue weighted by Gasteiger charge is -2.05. The van der Waals surface area contributed by atoms with E-state index in [1.54, 1.807) is 18.3 Å². The Morgan fingerprint density at radius 1 is 1.27 bits per heavy atom. The van der Waals surface area contributed by atoms with Crippen molar-refractivity contribution in [2.24, 2.45) is 0 Å². The average Bonchev–Trinajstić information content (AvgIpc) is 2.89. The lowest BCUT2D eigenvalue weighted by molar-refractivity contribution is 0.592. The second-order valence-corrected chi connectivity index (χ2v) is 7.16. The Kier molecular flexibility index (Phi) is 4.30. The van der Waals surface area contributed by atoms with E-state index in [1.807, 2.05) is 18.2 Å². The van der Waals surface area contributed by atoms with Crippen LogP contribution in [0.1, 0.15) is 0 Å². The van der Waals surface area contributed by atoms with Crippen LogP contribution in [0.3, 0.4) is 0 Å². The summed E-state index contributed by atoms with van der Waals surface area (Å²) < 4.78 is 11.6. The van der Waals surface area contributed by atoms with Crippen LogP contribution in [0.25, 0.3) is 21.8 Å². The minimum Gasteiger partial charge on any atom is -0.609 e. The second-order valence-electron chi connectivity index (χ2n) is 4.42. The van der Waals surface area contributed by atoms with Crippen molar-refractivity contribution in [1.82, 2.24) is 15.0 Å². The van der Waals surface area contributed by atoms with Gasteiger partial charge in [-0.05, 0) is 18.2 Å². The zero-order chi connectivity index (χ0) is 15.7. The van der Waals surface area contributed by atoms with Gasteiger partial charge >= 0.3 is 5.16 Å². The van der Waals surface area contributed by atoms with Gasteiger partial charge in [0.05, 0.1) is 16.3 Å². The maximum Gasteiger partial charge on any atom is 0.342 e. The highest BCUT2D eigenvalue weighted by atomic mass is 35.5. The lowest BCUT2D eigenvalue weighted by atomic mass is 10.1. The number of rotatable bonds is 3. The van der Waals surface area contributed by atoms with E-state index in [-0.39, 0.29) is 5.16 Å². The van der Waals surface area contributed by atoms with Gasteiger partial charge in [-0.1, -0.05) is 35.1 Å². The number of nitrogens with zero attached hydrogens (tertiary/aromatic N) is 3. The molecule has 5 nitrogen and oxygen atoms in total. The van der Waals surface area contributed by atoms with E-state index < -0.39 is 11.2 Å². The predicted molar refractivity (Wildman–Crippen MR) is 90.3 cm³/mol. The Morgan fingerprint density at radius 3 is 2.82 bits per heavy atom. The molecule has 8 heteroatoms. The van der Waals surface area contributed by atoms with Crippen LogP contribution in [-0.2, 0) is 11.2 Å². The van der Waals surface area contributed by atoms with Gasteiger partial charge in [-0.15, -0.1) is 0 Å². The molecule has 0 aliphatic carbocycles. The van der Waals surface area contributed by atoms with Gasteiger partial charge in [0, 0.05) is 28.0 Å². The van der Waals surface area contributed by atoms with Crippen LogP contribution in [0.5, 0.6) is 0 Å². The standard InChI is InChI=1S/C14H11ClN4OS2/c1-22(20)14-17-6-5-10(18-14)12-11(19-13(16)21-12)8-3-2-4-9(15)7-8/h2-7H,1H3,(H2,16,19). The third-order valence-corrected chi connectivity index (χ3v) is 4.72. The maximum absolute atomic E-state index is 11.6. The maximum atomic E-state index is 11.6. The third kappa shape index (κ3) is 3.07. The molecule has 22 heavy (non-hydrogen) atoms. The first-order valence-electron chi connectivity index (χ1n) is 6.23. The van der Waals surface area contributed by atoms with Gasteiger partial charge in [0.25, 0.3) is 0 Å². The number of hydrogen-bond acceptors (Lipinski definition) is 6. The van der Waals surface area contributed by atoms with Crippen LogP contribution >= 0.6 is 22.9 Å². The lowest BCUT2D eigenvalue weighted by Crippen LogP contribution is -2.04. The smallest absolute Gasteiger partial charge is 0.342 e. The highest BCUT2D eigenvalue weighted by Crippen LogP contribution is 2.37. The summed E-state index contributed by atoms with van der Waals surface area (Å²) in [6, 6.07) is 9.12. The first kappa shape index (κ1) is 15.2. The van der Waals surface area contributed by atoms with Gasteiger partial charge in [0.15, 0.2) is 5.13 Å². The molecule has 2 N–H and O–H groups in total. The minimum absolute atomic E-state index is 0.279. The van der Waals surface area contributed by atoms with Crippen LogP contribution in [-0.4, -0.2) is 25.8 Å². The van der Waals surface area contributed by atoms with E-state index in [0.717, 1.165) is 10.4 Å². The van der Waals surface area contributed by atoms with Crippen LogP contribution in [0.2, 0.25) is 5.02 Å². The number of halogens is 1. The van der Waals surface area contributed by atoms with E-state index in [2.05, 4.69) is 15.0 Å². The van der Waals surface area contributed by atoms with Gasteiger partial charge in [0.1, 0.15) is 6.26 Å². The largest absolute Gasteiger partial charge is 0.609 e. The monoisotopic (exact) mass is 350 g/mol. The van der Waals surface area contributed by atoms with E-state index in [4.69, 9.17) is 17.3 Å². The number of nitrogens with two attached hydrogens (primary N) is 1. The number of benzene rings is 1. The summed E-state index contributed by atoms with van der Waals surface area (Å²) in [4.78, 5) is 13.5. The fourth-order valence-electron chi connectivity index (χ4n) is 1.95. The molecule has 0 saturated heterocycles. The summed E-state index contributed by atoms with van der Waals surface area (Å²) in [5, 5.41) is 1.33. The second kappa shape index (κ2) is 6.21. The SMILES string of the molecule is C[S+]([O-])c1nccc(-c2sc(N)nc2-c2cccc(Cl)c2)n1.